The zero-order valence-electron chi connectivity index (χ0n) is 1.86. The number of hydrogen-bond acceptors (Lipinski definition) is 1. The summed E-state index contributed by atoms with van der Waals surface area (Å²) >= 11 is 2.01. The van der Waals surface area contributed by atoms with Gasteiger partial charge in [-0.05, 0) is 0 Å². The summed E-state index contributed by atoms with van der Waals surface area (Å²) < 4.78 is 9.18. The van der Waals surface area contributed by atoms with Crippen LogP contribution in [0.2, 0.25) is 0 Å². The molecule has 0 aliphatic carbocycles. The number of rotatable bonds is 1. The molecule has 22 valence electrons. The van der Waals surface area contributed by atoms with Gasteiger partial charge in [0.25, 0.3) is 0 Å². The van der Waals surface area contributed by atoms with Crippen molar-refractivity contribution < 1.29 is 4.70 Å². The Morgan fingerprint density at radius 3 is 2.25 bits per heavy atom. The molecule has 0 amide bonds. The van der Waals surface area contributed by atoms with Crippen LogP contribution in [0.5, 0.6) is 0 Å². The van der Waals surface area contributed by atoms with Crippen LogP contribution in [0.15, 0.2) is 0 Å². The molecule has 1 unspecified atom stereocenters. The Labute approximate surface area is 40.0 Å². The maximum absolute atomic E-state index is 9.18. The predicted molar refractivity (Wildman–Crippen MR) is 28.8 cm³/mol. The van der Waals surface area contributed by atoms with E-state index in [2.05, 4.69) is 0 Å². The summed E-state index contributed by atoms with van der Waals surface area (Å²) in [6.45, 7) is 0.889. The monoisotopic (exact) mass is 186 g/mol. The van der Waals surface area contributed by atoms with Crippen molar-refractivity contribution in [1.82, 2.24) is 0 Å². The Bertz CT molecular complexity index is 22.0. The standard InChI is InChI=1S/BHIOP/c2-4-1-3/h4H. The first-order valence-corrected chi connectivity index (χ1v) is 4.90. The second-order valence-electron chi connectivity index (χ2n) is 0.227. The molecule has 0 spiro atoms. The second kappa shape index (κ2) is 4.02. The van der Waals surface area contributed by atoms with E-state index >= 15 is 0 Å². The van der Waals surface area contributed by atoms with Crippen molar-refractivity contribution in [1.29, 1.82) is 0 Å². The van der Waals surface area contributed by atoms with Gasteiger partial charge in [-0.1, -0.05) is 0 Å². The van der Waals surface area contributed by atoms with Gasteiger partial charge in [-0.3, -0.25) is 0 Å². The Hall–Kier alpha value is 1.02. The molecule has 0 rings (SSSR count). The normalized spacial score (nSPS) is 8.25. The number of hydrogen-bond donors (Lipinski definition) is 0. The fourth-order valence-corrected chi connectivity index (χ4v) is 0. The van der Waals surface area contributed by atoms with Crippen molar-refractivity contribution in [3.63, 3.8) is 0 Å². The van der Waals surface area contributed by atoms with E-state index in [4.69, 9.17) is 0 Å². The van der Waals surface area contributed by atoms with E-state index in [0.717, 1.165) is 6.87 Å². The van der Waals surface area contributed by atoms with E-state index in [9.17, 15) is 4.70 Å². The first-order valence-electron chi connectivity index (χ1n) is 0.713. The quantitative estimate of drug-likeness (QED) is 0.338. The molecule has 0 aromatic rings. The minimum atomic E-state index is 0.430. The zero-order valence-corrected chi connectivity index (χ0v) is 5.02. The SMILES string of the molecule is O=BPI. The molecule has 0 aromatic heterocycles. The third-order valence-electron chi connectivity index (χ3n) is 0.0445. The minimum absolute atomic E-state index is 0.430. The van der Waals surface area contributed by atoms with Crippen molar-refractivity contribution in [3.8, 4) is 0 Å². The zero-order chi connectivity index (χ0) is 3.41. The molecular formula is HBIOP. The van der Waals surface area contributed by atoms with Crippen molar-refractivity contribution >= 4 is 35.0 Å². The van der Waals surface area contributed by atoms with Crippen molar-refractivity contribution in [2.75, 3.05) is 0 Å². The van der Waals surface area contributed by atoms with Gasteiger partial charge in [0.2, 0.25) is 0 Å². The van der Waals surface area contributed by atoms with Gasteiger partial charge >= 0.3 is 39.7 Å². The molecule has 0 aromatic carbocycles. The first-order chi connectivity index (χ1) is 1.91. The van der Waals surface area contributed by atoms with E-state index in [1.807, 2.05) is 22.0 Å². The van der Waals surface area contributed by atoms with E-state index < -0.39 is 0 Å². The van der Waals surface area contributed by atoms with Gasteiger partial charge < -0.3 is 0 Å². The molecule has 1 atom stereocenters. The van der Waals surface area contributed by atoms with Gasteiger partial charge in [0.15, 0.2) is 0 Å². The van der Waals surface area contributed by atoms with Crippen LogP contribution in [0.3, 0.4) is 0 Å². The topological polar surface area (TPSA) is 17.1 Å². The van der Waals surface area contributed by atoms with Crippen LogP contribution in [0.25, 0.3) is 0 Å². The summed E-state index contributed by atoms with van der Waals surface area (Å²) in [6, 6.07) is 0. The van der Waals surface area contributed by atoms with Crippen molar-refractivity contribution in [2.45, 2.75) is 0 Å². The average Bonchev–Trinajstić information content (AvgIpc) is 1.37. The maximum atomic E-state index is 9.18. The summed E-state index contributed by atoms with van der Waals surface area (Å²) in [5.74, 6) is 0. The molecule has 0 saturated heterocycles. The van der Waals surface area contributed by atoms with Crippen LogP contribution >= 0.6 is 28.1 Å². The molecule has 0 heterocycles. The van der Waals surface area contributed by atoms with Gasteiger partial charge in [-0.15, -0.1) is 0 Å². The Kier molecular flexibility index (Phi) is 5.06. The molecule has 0 fully saturated rings. The summed E-state index contributed by atoms with van der Waals surface area (Å²) in [4.78, 5) is 0. The molecule has 0 aliphatic rings. The van der Waals surface area contributed by atoms with Gasteiger partial charge in [-0.25, -0.2) is 0 Å². The van der Waals surface area contributed by atoms with Gasteiger partial charge in [0.1, 0.15) is 0 Å². The Morgan fingerprint density at radius 1 is 2.00 bits per heavy atom. The van der Waals surface area contributed by atoms with Gasteiger partial charge in [0, 0.05) is 0 Å². The van der Waals surface area contributed by atoms with E-state index in [1.54, 1.807) is 0 Å². The fourth-order valence-electron chi connectivity index (χ4n) is 0. The first kappa shape index (κ1) is 5.02. The second-order valence-corrected chi connectivity index (χ2v) is 2.55. The third kappa shape index (κ3) is 3.02. The van der Waals surface area contributed by atoms with E-state index in [0.29, 0.717) is 6.10 Å². The molecule has 0 N–H and O–H groups in total. The fraction of sp³-hybridized carbons (Fsp3) is 0. The summed E-state index contributed by atoms with van der Waals surface area (Å²) in [7, 11) is 0. The van der Waals surface area contributed by atoms with Crippen LogP contribution in [0.4, 0.5) is 0 Å². The molecule has 0 saturated carbocycles. The Morgan fingerprint density at radius 2 is 2.25 bits per heavy atom. The van der Waals surface area contributed by atoms with E-state index in [-0.39, 0.29) is 0 Å². The van der Waals surface area contributed by atoms with E-state index in [1.165, 1.54) is 0 Å². The molecule has 0 aliphatic heterocycles. The molecule has 4 heavy (non-hydrogen) atoms. The Balaban J connectivity index is 2.30. The van der Waals surface area contributed by atoms with Crippen molar-refractivity contribution in [3.05, 3.63) is 0 Å². The molecule has 0 radical (unpaired) electrons. The van der Waals surface area contributed by atoms with Crippen molar-refractivity contribution in [2.24, 2.45) is 0 Å². The molecular weight excluding hydrogens is 185 g/mol. The van der Waals surface area contributed by atoms with Gasteiger partial charge in [-0.2, -0.15) is 0 Å². The predicted octanol–water partition coefficient (Wildman–Crippen LogP) is 0.980. The number of halogens is 1. The molecule has 4 heteroatoms. The van der Waals surface area contributed by atoms with Crippen LogP contribution in [-0.2, 0) is 4.70 Å². The summed E-state index contributed by atoms with van der Waals surface area (Å²) in [6.07, 6.45) is 0.430. The average molecular weight is 186 g/mol. The van der Waals surface area contributed by atoms with Crippen LogP contribution in [-0.4, -0.2) is 6.87 Å². The van der Waals surface area contributed by atoms with Crippen LogP contribution in [0, 0.1) is 0 Å². The summed E-state index contributed by atoms with van der Waals surface area (Å²) in [5, 5.41) is 0. The third-order valence-corrected chi connectivity index (χ3v) is 0.896. The van der Waals surface area contributed by atoms with Crippen LogP contribution in [0.1, 0.15) is 0 Å². The summed E-state index contributed by atoms with van der Waals surface area (Å²) in [5.41, 5.74) is 0. The molecule has 1 nitrogen and oxygen atoms in total. The molecule has 0 bridgehead atoms. The van der Waals surface area contributed by atoms with Gasteiger partial charge in [0.05, 0.1) is 0 Å². The van der Waals surface area contributed by atoms with Crippen LogP contribution < -0.4 is 0 Å².